The maximum absolute atomic E-state index is 12.3. The number of carbonyl (C=O) groups excluding carboxylic acids is 1. The van der Waals surface area contributed by atoms with Crippen LogP contribution in [0.1, 0.15) is 36.5 Å². The molecule has 1 N–H and O–H groups in total. The Hall–Kier alpha value is -2.28. The fourth-order valence-electron chi connectivity index (χ4n) is 2.52. The number of aromatic nitrogens is 4. The predicted molar refractivity (Wildman–Crippen MR) is 79.7 cm³/mol. The normalized spacial score (nSPS) is 21.5. The fourth-order valence-corrected chi connectivity index (χ4v) is 2.52. The van der Waals surface area contributed by atoms with Crippen molar-refractivity contribution in [3.63, 3.8) is 0 Å². The third kappa shape index (κ3) is 3.30. The fraction of sp³-hybridized carbons (Fsp3) is 0.467. The van der Waals surface area contributed by atoms with E-state index in [1.807, 2.05) is 6.92 Å². The van der Waals surface area contributed by atoms with Crippen LogP contribution in [0.25, 0.3) is 5.69 Å². The van der Waals surface area contributed by atoms with Gasteiger partial charge in [-0.25, -0.2) is 4.68 Å². The Morgan fingerprint density at radius 1 is 1.45 bits per heavy atom. The van der Waals surface area contributed by atoms with Gasteiger partial charge in [-0.3, -0.25) is 9.78 Å². The second kappa shape index (κ2) is 6.23. The molecule has 1 unspecified atom stereocenters. The van der Waals surface area contributed by atoms with Gasteiger partial charge in [-0.15, -0.1) is 5.10 Å². The summed E-state index contributed by atoms with van der Waals surface area (Å²) in [5, 5.41) is 10.6. The van der Waals surface area contributed by atoms with E-state index in [1.54, 1.807) is 35.5 Å². The highest BCUT2D eigenvalue weighted by atomic mass is 16.5. The van der Waals surface area contributed by atoms with E-state index in [-0.39, 0.29) is 11.5 Å². The summed E-state index contributed by atoms with van der Waals surface area (Å²) in [6, 6.07) is 1.74. The molecule has 3 heterocycles. The van der Waals surface area contributed by atoms with Gasteiger partial charge in [0, 0.05) is 19.3 Å². The predicted octanol–water partition coefficient (Wildman–Crippen LogP) is 1.35. The Balaban J connectivity index is 1.66. The van der Waals surface area contributed by atoms with E-state index in [0.717, 1.165) is 25.9 Å². The van der Waals surface area contributed by atoms with E-state index >= 15 is 0 Å². The number of amides is 1. The van der Waals surface area contributed by atoms with Crippen LogP contribution in [-0.2, 0) is 4.74 Å². The van der Waals surface area contributed by atoms with Gasteiger partial charge < -0.3 is 10.1 Å². The van der Waals surface area contributed by atoms with E-state index in [9.17, 15) is 4.79 Å². The Morgan fingerprint density at radius 3 is 3.09 bits per heavy atom. The number of rotatable bonds is 4. The first-order valence-electron chi connectivity index (χ1n) is 7.40. The van der Waals surface area contributed by atoms with Crippen LogP contribution in [-0.4, -0.2) is 44.6 Å². The van der Waals surface area contributed by atoms with Gasteiger partial charge in [-0.1, -0.05) is 5.21 Å². The SMILES string of the molecule is CC1(CNC(=O)c2cncc(-n3ccnn3)c2)CCCCO1. The molecule has 1 amide bonds. The number of nitrogens with one attached hydrogen (secondary N) is 1. The molecule has 0 aromatic carbocycles. The summed E-state index contributed by atoms with van der Waals surface area (Å²) in [7, 11) is 0. The zero-order valence-electron chi connectivity index (χ0n) is 12.5. The highest BCUT2D eigenvalue weighted by Crippen LogP contribution is 2.23. The third-order valence-electron chi connectivity index (χ3n) is 3.85. The summed E-state index contributed by atoms with van der Waals surface area (Å²) in [4.78, 5) is 16.4. The van der Waals surface area contributed by atoms with Crippen molar-refractivity contribution in [3.8, 4) is 5.69 Å². The average Bonchev–Trinajstić information content (AvgIpc) is 3.08. The summed E-state index contributed by atoms with van der Waals surface area (Å²) in [5.74, 6) is -0.162. The lowest BCUT2D eigenvalue weighted by Gasteiger charge is -2.33. The van der Waals surface area contributed by atoms with E-state index in [4.69, 9.17) is 4.74 Å². The lowest BCUT2D eigenvalue weighted by atomic mass is 9.96. The molecule has 1 aliphatic rings. The van der Waals surface area contributed by atoms with Crippen LogP contribution in [0.15, 0.2) is 30.9 Å². The number of pyridine rings is 1. The highest BCUT2D eigenvalue weighted by Gasteiger charge is 2.28. The maximum Gasteiger partial charge on any atom is 0.253 e. The number of hydrogen-bond acceptors (Lipinski definition) is 5. The van der Waals surface area contributed by atoms with Crippen LogP contribution in [0.5, 0.6) is 0 Å². The topological polar surface area (TPSA) is 81.9 Å². The molecule has 2 aromatic heterocycles. The molecule has 7 heteroatoms. The minimum absolute atomic E-state index is 0.162. The van der Waals surface area contributed by atoms with Gasteiger partial charge in [0.1, 0.15) is 0 Å². The van der Waals surface area contributed by atoms with E-state index in [2.05, 4.69) is 20.6 Å². The molecular formula is C15H19N5O2. The molecule has 2 aromatic rings. The number of carbonyl (C=O) groups is 1. The Morgan fingerprint density at radius 2 is 2.36 bits per heavy atom. The molecule has 0 saturated carbocycles. The van der Waals surface area contributed by atoms with Crippen molar-refractivity contribution < 1.29 is 9.53 Å². The molecule has 0 spiro atoms. The minimum atomic E-state index is -0.273. The smallest absolute Gasteiger partial charge is 0.253 e. The molecule has 1 atom stereocenters. The Bertz CT molecular complexity index is 635. The maximum atomic E-state index is 12.3. The lowest BCUT2D eigenvalue weighted by molar-refractivity contribution is -0.0618. The first-order valence-corrected chi connectivity index (χ1v) is 7.40. The van der Waals surface area contributed by atoms with Crippen molar-refractivity contribution in [2.75, 3.05) is 13.2 Å². The molecule has 22 heavy (non-hydrogen) atoms. The number of hydrogen-bond donors (Lipinski definition) is 1. The van der Waals surface area contributed by atoms with Crippen molar-refractivity contribution in [1.29, 1.82) is 0 Å². The summed E-state index contributed by atoms with van der Waals surface area (Å²) in [6.07, 6.45) is 9.65. The van der Waals surface area contributed by atoms with Gasteiger partial charge in [0.15, 0.2) is 0 Å². The highest BCUT2D eigenvalue weighted by molar-refractivity contribution is 5.94. The summed E-state index contributed by atoms with van der Waals surface area (Å²) < 4.78 is 7.35. The van der Waals surface area contributed by atoms with Crippen molar-refractivity contribution >= 4 is 5.91 Å². The summed E-state index contributed by atoms with van der Waals surface area (Å²) in [6.45, 7) is 3.30. The monoisotopic (exact) mass is 301 g/mol. The number of nitrogens with zero attached hydrogens (tertiary/aromatic N) is 4. The zero-order chi connectivity index (χ0) is 15.4. The molecule has 3 rings (SSSR count). The van der Waals surface area contributed by atoms with Crippen LogP contribution in [0.3, 0.4) is 0 Å². The Labute approximate surface area is 128 Å². The number of ether oxygens (including phenoxy) is 1. The van der Waals surface area contributed by atoms with Crippen LogP contribution < -0.4 is 5.32 Å². The molecule has 1 fully saturated rings. The van der Waals surface area contributed by atoms with Crippen molar-refractivity contribution in [3.05, 3.63) is 36.4 Å². The van der Waals surface area contributed by atoms with E-state index in [0.29, 0.717) is 17.8 Å². The van der Waals surface area contributed by atoms with Gasteiger partial charge in [0.2, 0.25) is 0 Å². The van der Waals surface area contributed by atoms with Gasteiger partial charge in [-0.05, 0) is 32.3 Å². The molecule has 0 radical (unpaired) electrons. The molecular weight excluding hydrogens is 282 g/mol. The van der Waals surface area contributed by atoms with Crippen LogP contribution in [0.2, 0.25) is 0 Å². The molecule has 1 saturated heterocycles. The minimum Gasteiger partial charge on any atom is -0.373 e. The van der Waals surface area contributed by atoms with E-state index in [1.165, 1.54) is 0 Å². The molecule has 0 bridgehead atoms. The van der Waals surface area contributed by atoms with Crippen LogP contribution in [0.4, 0.5) is 0 Å². The lowest BCUT2D eigenvalue weighted by Crippen LogP contribution is -2.44. The van der Waals surface area contributed by atoms with Crippen molar-refractivity contribution in [2.24, 2.45) is 0 Å². The second-order valence-corrected chi connectivity index (χ2v) is 5.72. The van der Waals surface area contributed by atoms with Crippen LogP contribution >= 0.6 is 0 Å². The molecule has 116 valence electrons. The van der Waals surface area contributed by atoms with Gasteiger partial charge in [0.25, 0.3) is 5.91 Å². The third-order valence-corrected chi connectivity index (χ3v) is 3.85. The van der Waals surface area contributed by atoms with E-state index < -0.39 is 0 Å². The molecule has 1 aliphatic heterocycles. The first kappa shape index (κ1) is 14.6. The summed E-state index contributed by atoms with van der Waals surface area (Å²) in [5.41, 5.74) is 0.919. The summed E-state index contributed by atoms with van der Waals surface area (Å²) >= 11 is 0. The zero-order valence-corrected chi connectivity index (χ0v) is 12.5. The van der Waals surface area contributed by atoms with Gasteiger partial charge >= 0.3 is 0 Å². The van der Waals surface area contributed by atoms with Crippen molar-refractivity contribution in [1.82, 2.24) is 25.3 Å². The Kier molecular flexibility index (Phi) is 4.15. The quantitative estimate of drug-likeness (QED) is 0.922. The molecule has 0 aliphatic carbocycles. The first-order chi connectivity index (χ1) is 10.7. The van der Waals surface area contributed by atoms with Gasteiger partial charge in [0.05, 0.1) is 35.4 Å². The van der Waals surface area contributed by atoms with Gasteiger partial charge in [-0.2, -0.15) is 0 Å². The molecule has 7 nitrogen and oxygen atoms in total. The second-order valence-electron chi connectivity index (χ2n) is 5.72. The van der Waals surface area contributed by atoms with Crippen LogP contribution in [0, 0.1) is 0 Å². The average molecular weight is 301 g/mol. The standard InChI is InChI=1S/C15H19N5O2/c1-15(4-2-3-7-22-15)11-17-14(21)12-8-13(10-16-9-12)20-6-5-18-19-20/h5-6,8-10H,2-4,7,11H2,1H3,(H,17,21). The largest absolute Gasteiger partial charge is 0.373 e. The van der Waals surface area contributed by atoms with Crippen molar-refractivity contribution in [2.45, 2.75) is 31.8 Å².